The Morgan fingerprint density at radius 2 is 1.88 bits per heavy atom. The average Bonchev–Trinajstić information content (AvgIpc) is 2.34. The molecule has 17 heavy (non-hydrogen) atoms. The van der Waals surface area contributed by atoms with Gasteiger partial charge in [-0.15, -0.1) is 0 Å². The summed E-state index contributed by atoms with van der Waals surface area (Å²) in [5, 5.41) is 18.4. The molecule has 4 heteroatoms. The monoisotopic (exact) mass is 305 g/mol. The number of aromatic hydroxyl groups is 1. The predicted molar refractivity (Wildman–Crippen MR) is 71.1 cm³/mol. The fourth-order valence-corrected chi connectivity index (χ4v) is 2.79. The van der Waals surface area contributed by atoms with Crippen molar-refractivity contribution >= 4 is 27.7 Å². The molecule has 0 amide bonds. The minimum Gasteiger partial charge on any atom is -0.507 e. The molecule has 2 aromatic carbocycles. The zero-order chi connectivity index (χ0) is 12.3. The highest BCUT2D eigenvalue weighted by atomic mass is 79.9. The Hall–Kier alpha value is -1.44. The molecule has 2 nitrogen and oxygen atoms in total. The Kier molecular flexibility index (Phi) is 3.72. The van der Waals surface area contributed by atoms with Crippen molar-refractivity contribution in [3.05, 3.63) is 52.5 Å². The molecule has 0 radical (unpaired) electrons. The third kappa shape index (κ3) is 2.82. The third-order valence-electron chi connectivity index (χ3n) is 2.15. The smallest absolute Gasteiger partial charge is 0.129 e. The number of nitrogens with zero attached hydrogens (tertiary/aromatic N) is 1. The maximum Gasteiger partial charge on any atom is 0.129 e. The first kappa shape index (κ1) is 12.0. The molecular weight excluding hydrogens is 298 g/mol. The van der Waals surface area contributed by atoms with E-state index >= 15 is 0 Å². The van der Waals surface area contributed by atoms with Gasteiger partial charge in [0, 0.05) is 9.37 Å². The number of phenols is 1. The maximum atomic E-state index is 9.68. The van der Waals surface area contributed by atoms with Gasteiger partial charge in [0.15, 0.2) is 0 Å². The topological polar surface area (TPSA) is 44.0 Å². The Morgan fingerprint density at radius 3 is 2.53 bits per heavy atom. The summed E-state index contributed by atoms with van der Waals surface area (Å²) in [4.78, 5) is 1.75. The molecule has 0 spiro atoms. The molecule has 0 saturated heterocycles. The van der Waals surface area contributed by atoms with Crippen LogP contribution in [0, 0.1) is 11.3 Å². The van der Waals surface area contributed by atoms with Crippen molar-refractivity contribution in [1.82, 2.24) is 0 Å². The highest BCUT2D eigenvalue weighted by molar-refractivity contribution is 9.10. The molecule has 0 aliphatic carbocycles. The van der Waals surface area contributed by atoms with E-state index in [1.54, 1.807) is 24.3 Å². The van der Waals surface area contributed by atoms with E-state index in [2.05, 4.69) is 22.0 Å². The van der Waals surface area contributed by atoms with Gasteiger partial charge in [-0.05, 0) is 46.3 Å². The normalized spacial score (nSPS) is 9.88. The van der Waals surface area contributed by atoms with Crippen molar-refractivity contribution in [1.29, 1.82) is 5.26 Å². The van der Waals surface area contributed by atoms with E-state index in [1.807, 2.05) is 18.2 Å². The number of halogens is 1. The van der Waals surface area contributed by atoms with E-state index in [1.165, 1.54) is 11.8 Å². The van der Waals surface area contributed by atoms with Crippen LogP contribution < -0.4 is 0 Å². The van der Waals surface area contributed by atoms with E-state index in [0.29, 0.717) is 5.56 Å². The van der Waals surface area contributed by atoms with Gasteiger partial charge in [0.2, 0.25) is 0 Å². The van der Waals surface area contributed by atoms with Crippen molar-refractivity contribution in [2.45, 2.75) is 9.79 Å². The van der Waals surface area contributed by atoms with Gasteiger partial charge in [-0.3, -0.25) is 0 Å². The fourth-order valence-electron chi connectivity index (χ4n) is 1.32. The largest absolute Gasteiger partial charge is 0.507 e. The number of nitriles is 1. The number of rotatable bonds is 2. The summed E-state index contributed by atoms with van der Waals surface area (Å²) in [7, 11) is 0. The summed E-state index contributed by atoms with van der Waals surface area (Å²) in [6, 6.07) is 14.6. The molecule has 0 saturated carbocycles. The molecule has 0 aliphatic heterocycles. The van der Waals surface area contributed by atoms with Gasteiger partial charge in [-0.1, -0.05) is 23.9 Å². The second-order valence-electron chi connectivity index (χ2n) is 3.33. The van der Waals surface area contributed by atoms with Crippen LogP contribution in [0.5, 0.6) is 5.75 Å². The number of hydrogen-bond donors (Lipinski definition) is 1. The van der Waals surface area contributed by atoms with Gasteiger partial charge in [0.05, 0.1) is 16.5 Å². The highest BCUT2D eigenvalue weighted by Gasteiger charge is 2.06. The van der Waals surface area contributed by atoms with Crippen LogP contribution in [0.15, 0.2) is 56.7 Å². The van der Waals surface area contributed by atoms with Crippen molar-refractivity contribution in [3.63, 3.8) is 0 Å². The minimum absolute atomic E-state index is 0.258. The number of hydrogen-bond acceptors (Lipinski definition) is 3. The fraction of sp³-hybridized carbons (Fsp3) is 0. The third-order valence-corrected chi connectivity index (χ3v) is 4.21. The molecule has 0 heterocycles. The van der Waals surface area contributed by atoms with E-state index < -0.39 is 0 Å². The van der Waals surface area contributed by atoms with Crippen LogP contribution in [-0.2, 0) is 0 Å². The molecule has 0 aliphatic rings. The summed E-state index contributed by atoms with van der Waals surface area (Å²) >= 11 is 4.87. The van der Waals surface area contributed by atoms with Gasteiger partial charge in [0.1, 0.15) is 5.75 Å². The molecular formula is C13H8BrNOS. The number of para-hydroxylation sites is 1. The molecule has 0 atom stereocenters. The van der Waals surface area contributed by atoms with Crippen molar-refractivity contribution < 1.29 is 5.11 Å². The molecule has 0 bridgehead atoms. The Morgan fingerprint density at radius 1 is 1.12 bits per heavy atom. The van der Waals surface area contributed by atoms with E-state index in [4.69, 9.17) is 5.26 Å². The Labute approximate surface area is 112 Å². The van der Waals surface area contributed by atoms with E-state index in [9.17, 15) is 5.11 Å². The lowest BCUT2D eigenvalue weighted by Gasteiger charge is -2.06. The van der Waals surface area contributed by atoms with Crippen LogP contribution in [0.1, 0.15) is 5.56 Å². The van der Waals surface area contributed by atoms with Gasteiger partial charge in [0.25, 0.3) is 0 Å². The number of benzene rings is 2. The summed E-state index contributed by atoms with van der Waals surface area (Å²) in [5.41, 5.74) is 0.610. The second-order valence-corrected chi connectivity index (χ2v) is 5.26. The lowest BCUT2D eigenvalue weighted by Crippen LogP contribution is -1.80. The molecule has 0 aromatic heterocycles. The Bertz CT molecular complexity index is 592. The second kappa shape index (κ2) is 5.26. The van der Waals surface area contributed by atoms with Gasteiger partial charge in [-0.2, -0.15) is 5.26 Å². The van der Waals surface area contributed by atoms with Gasteiger partial charge in [-0.25, -0.2) is 0 Å². The zero-order valence-electron chi connectivity index (χ0n) is 8.72. The standard InChI is InChI=1S/C13H8BrNOS/c14-10-7-9(8-15)5-6-12(10)17-13-4-2-1-3-11(13)16/h1-7,16H. The first-order chi connectivity index (χ1) is 8.20. The molecule has 2 aromatic rings. The van der Waals surface area contributed by atoms with Crippen LogP contribution in [0.25, 0.3) is 0 Å². The molecule has 1 N–H and O–H groups in total. The highest BCUT2D eigenvalue weighted by Crippen LogP contribution is 2.37. The predicted octanol–water partition coefficient (Wildman–Crippen LogP) is 4.18. The van der Waals surface area contributed by atoms with E-state index in [0.717, 1.165) is 14.3 Å². The number of phenolic OH excluding ortho intramolecular Hbond substituents is 1. The lowest BCUT2D eigenvalue weighted by atomic mass is 10.2. The first-order valence-corrected chi connectivity index (χ1v) is 6.47. The average molecular weight is 306 g/mol. The molecule has 0 fully saturated rings. The first-order valence-electron chi connectivity index (χ1n) is 4.86. The molecule has 0 unspecified atom stereocenters. The van der Waals surface area contributed by atoms with Crippen LogP contribution in [-0.4, -0.2) is 5.11 Å². The van der Waals surface area contributed by atoms with Crippen molar-refractivity contribution in [3.8, 4) is 11.8 Å². The summed E-state index contributed by atoms with van der Waals surface area (Å²) in [6.45, 7) is 0. The van der Waals surface area contributed by atoms with Crippen LogP contribution in [0.3, 0.4) is 0 Å². The van der Waals surface area contributed by atoms with Crippen LogP contribution >= 0.6 is 27.7 Å². The van der Waals surface area contributed by atoms with Crippen molar-refractivity contribution in [2.24, 2.45) is 0 Å². The van der Waals surface area contributed by atoms with Crippen molar-refractivity contribution in [2.75, 3.05) is 0 Å². The quantitative estimate of drug-likeness (QED) is 0.905. The SMILES string of the molecule is N#Cc1ccc(Sc2ccccc2O)c(Br)c1. The maximum absolute atomic E-state index is 9.68. The summed E-state index contributed by atoms with van der Waals surface area (Å²) < 4.78 is 0.852. The summed E-state index contributed by atoms with van der Waals surface area (Å²) in [5.74, 6) is 0.258. The Balaban J connectivity index is 2.32. The lowest BCUT2D eigenvalue weighted by molar-refractivity contribution is 0.462. The minimum atomic E-state index is 0.258. The van der Waals surface area contributed by atoms with Gasteiger partial charge >= 0.3 is 0 Å². The molecule has 84 valence electrons. The molecule has 2 rings (SSSR count). The van der Waals surface area contributed by atoms with Crippen LogP contribution in [0.2, 0.25) is 0 Å². The summed E-state index contributed by atoms with van der Waals surface area (Å²) in [6.07, 6.45) is 0. The zero-order valence-corrected chi connectivity index (χ0v) is 11.1. The van der Waals surface area contributed by atoms with Crippen LogP contribution in [0.4, 0.5) is 0 Å². The van der Waals surface area contributed by atoms with E-state index in [-0.39, 0.29) is 5.75 Å². The van der Waals surface area contributed by atoms with Gasteiger partial charge < -0.3 is 5.11 Å².